The second-order valence-corrected chi connectivity index (χ2v) is 7.56. The molecule has 2 aromatic rings. The van der Waals surface area contributed by atoms with Crippen molar-refractivity contribution in [3.05, 3.63) is 51.9 Å². The van der Waals surface area contributed by atoms with Crippen LogP contribution < -0.4 is 15.2 Å². The number of morpholine rings is 1. The molecule has 8 nitrogen and oxygen atoms in total. The van der Waals surface area contributed by atoms with Crippen molar-refractivity contribution >= 4 is 5.95 Å². The summed E-state index contributed by atoms with van der Waals surface area (Å²) >= 11 is 0. The highest BCUT2D eigenvalue weighted by molar-refractivity contribution is 5.32. The summed E-state index contributed by atoms with van der Waals surface area (Å²) in [6.07, 6.45) is 0. The van der Waals surface area contributed by atoms with Gasteiger partial charge in [-0.3, -0.25) is 19.6 Å². The van der Waals surface area contributed by atoms with Crippen LogP contribution in [0.5, 0.6) is 5.75 Å². The van der Waals surface area contributed by atoms with Gasteiger partial charge in [-0.15, -0.1) is 0 Å². The third kappa shape index (κ3) is 5.35. The SMILES string of the molecule is COc1cccc(CN2CCN(c3nc(CN4CCOCC4)cc(=O)[nH]3)CC2)c1. The molecule has 2 fully saturated rings. The first kappa shape index (κ1) is 19.9. The fourth-order valence-electron chi connectivity index (χ4n) is 3.86. The molecule has 0 aliphatic carbocycles. The number of methoxy groups -OCH3 is 1. The summed E-state index contributed by atoms with van der Waals surface area (Å²) in [6, 6.07) is 9.81. The largest absolute Gasteiger partial charge is 0.497 e. The van der Waals surface area contributed by atoms with Crippen molar-refractivity contribution < 1.29 is 9.47 Å². The number of H-pyrrole nitrogens is 1. The maximum atomic E-state index is 12.2. The maximum absolute atomic E-state index is 12.2. The summed E-state index contributed by atoms with van der Waals surface area (Å²) in [5.41, 5.74) is 1.98. The first-order valence-electron chi connectivity index (χ1n) is 10.2. The lowest BCUT2D eigenvalue weighted by Crippen LogP contribution is -2.47. The average Bonchev–Trinajstić information content (AvgIpc) is 2.75. The van der Waals surface area contributed by atoms with Gasteiger partial charge in [-0.2, -0.15) is 0 Å². The number of aromatic nitrogens is 2. The van der Waals surface area contributed by atoms with Crippen LogP contribution in [0.1, 0.15) is 11.3 Å². The molecule has 1 aromatic carbocycles. The van der Waals surface area contributed by atoms with E-state index in [0.29, 0.717) is 12.5 Å². The van der Waals surface area contributed by atoms with E-state index in [1.165, 1.54) is 5.56 Å². The Morgan fingerprint density at radius 2 is 1.79 bits per heavy atom. The first-order chi connectivity index (χ1) is 14.2. The van der Waals surface area contributed by atoms with Gasteiger partial charge in [0.05, 0.1) is 26.0 Å². The summed E-state index contributed by atoms with van der Waals surface area (Å²) in [6.45, 7) is 8.36. The van der Waals surface area contributed by atoms with Gasteiger partial charge in [0.1, 0.15) is 5.75 Å². The van der Waals surface area contributed by atoms with Crippen LogP contribution in [0.3, 0.4) is 0 Å². The molecule has 0 bridgehead atoms. The van der Waals surface area contributed by atoms with Crippen molar-refractivity contribution in [1.82, 2.24) is 19.8 Å². The Balaban J connectivity index is 1.35. The summed E-state index contributed by atoms with van der Waals surface area (Å²) in [7, 11) is 1.69. The number of piperazine rings is 1. The van der Waals surface area contributed by atoms with Gasteiger partial charge in [-0.05, 0) is 17.7 Å². The number of benzene rings is 1. The van der Waals surface area contributed by atoms with E-state index in [0.717, 1.165) is 70.5 Å². The highest BCUT2D eigenvalue weighted by atomic mass is 16.5. The van der Waals surface area contributed by atoms with E-state index in [4.69, 9.17) is 14.5 Å². The Labute approximate surface area is 171 Å². The van der Waals surface area contributed by atoms with Crippen LogP contribution in [0.4, 0.5) is 5.95 Å². The van der Waals surface area contributed by atoms with Crippen LogP contribution >= 0.6 is 0 Å². The van der Waals surface area contributed by atoms with Gasteiger partial charge in [-0.25, -0.2) is 4.98 Å². The zero-order chi connectivity index (χ0) is 20.1. The minimum absolute atomic E-state index is 0.0860. The van der Waals surface area contributed by atoms with E-state index >= 15 is 0 Å². The molecule has 156 valence electrons. The molecule has 0 amide bonds. The molecule has 3 heterocycles. The number of hydrogen-bond donors (Lipinski definition) is 1. The highest BCUT2D eigenvalue weighted by Gasteiger charge is 2.20. The van der Waals surface area contributed by atoms with Crippen molar-refractivity contribution in [2.45, 2.75) is 13.1 Å². The van der Waals surface area contributed by atoms with E-state index in [-0.39, 0.29) is 5.56 Å². The van der Waals surface area contributed by atoms with E-state index in [1.54, 1.807) is 13.2 Å². The first-order valence-corrected chi connectivity index (χ1v) is 10.2. The molecule has 2 aliphatic heterocycles. The fourth-order valence-corrected chi connectivity index (χ4v) is 3.86. The molecule has 0 radical (unpaired) electrons. The second kappa shape index (κ2) is 9.39. The van der Waals surface area contributed by atoms with Crippen molar-refractivity contribution in [3.63, 3.8) is 0 Å². The minimum atomic E-state index is -0.0860. The molecule has 1 N–H and O–H groups in total. The number of anilines is 1. The van der Waals surface area contributed by atoms with Crippen LogP contribution in [-0.4, -0.2) is 79.4 Å². The predicted octanol–water partition coefficient (Wildman–Crippen LogP) is 0.933. The second-order valence-electron chi connectivity index (χ2n) is 7.56. The number of rotatable bonds is 6. The van der Waals surface area contributed by atoms with Crippen LogP contribution in [0.2, 0.25) is 0 Å². The van der Waals surface area contributed by atoms with Gasteiger partial charge in [0, 0.05) is 58.4 Å². The van der Waals surface area contributed by atoms with E-state index in [2.05, 4.69) is 31.8 Å². The molecule has 2 saturated heterocycles. The molecular formula is C21H29N5O3. The molecule has 0 saturated carbocycles. The third-order valence-corrected chi connectivity index (χ3v) is 5.48. The number of hydrogen-bond acceptors (Lipinski definition) is 7. The molecule has 1 aromatic heterocycles. The molecule has 0 atom stereocenters. The van der Waals surface area contributed by atoms with Crippen LogP contribution in [0.15, 0.2) is 35.1 Å². The van der Waals surface area contributed by atoms with Crippen molar-refractivity contribution in [2.75, 3.05) is 64.5 Å². The molecule has 29 heavy (non-hydrogen) atoms. The van der Waals surface area contributed by atoms with Gasteiger partial charge in [0.2, 0.25) is 5.95 Å². The molecule has 8 heteroatoms. The van der Waals surface area contributed by atoms with Crippen molar-refractivity contribution in [3.8, 4) is 5.75 Å². The van der Waals surface area contributed by atoms with Crippen molar-refractivity contribution in [1.29, 1.82) is 0 Å². The van der Waals surface area contributed by atoms with Crippen molar-refractivity contribution in [2.24, 2.45) is 0 Å². The summed E-state index contributed by atoms with van der Waals surface area (Å²) < 4.78 is 10.7. The van der Waals surface area contributed by atoms with Crippen LogP contribution in [0.25, 0.3) is 0 Å². The van der Waals surface area contributed by atoms with E-state index in [1.807, 2.05) is 12.1 Å². The maximum Gasteiger partial charge on any atom is 0.252 e. The quantitative estimate of drug-likeness (QED) is 0.775. The zero-order valence-electron chi connectivity index (χ0n) is 17.0. The molecule has 0 unspecified atom stereocenters. The minimum Gasteiger partial charge on any atom is -0.497 e. The molecular weight excluding hydrogens is 370 g/mol. The Morgan fingerprint density at radius 1 is 1.03 bits per heavy atom. The smallest absolute Gasteiger partial charge is 0.252 e. The number of nitrogens with one attached hydrogen (secondary N) is 1. The lowest BCUT2D eigenvalue weighted by atomic mass is 10.2. The topological polar surface area (TPSA) is 73.9 Å². The molecule has 0 spiro atoms. The fraction of sp³-hybridized carbons (Fsp3) is 0.524. The van der Waals surface area contributed by atoms with Crippen LogP contribution in [-0.2, 0) is 17.8 Å². The number of nitrogens with zero attached hydrogens (tertiary/aromatic N) is 4. The Bertz CT molecular complexity index is 857. The average molecular weight is 399 g/mol. The van der Waals surface area contributed by atoms with Gasteiger partial charge in [-0.1, -0.05) is 12.1 Å². The number of aromatic amines is 1. The van der Waals surface area contributed by atoms with Gasteiger partial charge < -0.3 is 14.4 Å². The summed E-state index contributed by atoms with van der Waals surface area (Å²) in [5.74, 6) is 1.57. The summed E-state index contributed by atoms with van der Waals surface area (Å²) in [4.78, 5) is 26.7. The Hall–Kier alpha value is -2.42. The van der Waals surface area contributed by atoms with E-state index in [9.17, 15) is 4.79 Å². The zero-order valence-corrected chi connectivity index (χ0v) is 17.0. The number of ether oxygens (including phenoxy) is 2. The predicted molar refractivity (Wildman–Crippen MR) is 111 cm³/mol. The monoisotopic (exact) mass is 399 g/mol. The third-order valence-electron chi connectivity index (χ3n) is 5.48. The van der Waals surface area contributed by atoms with Gasteiger partial charge in [0.25, 0.3) is 5.56 Å². The van der Waals surface area contributed by atoms with Gasteiger partial charge in [0.15, 0.2) is 0 Å². The van der Waals surface area contributed by atoms with Crippen LogP contribution in [0, 0.1) is 0 Å². The summed E-state index contributed by atoms with van der Waals surface area (Å²) in [5, 5.41) is 0. The highest BCUT2D eigenvalue weighted by Crippen LogP contribution is 2.17. The Kier molecular flexibility index (Phi) is 6.43. The lowest BCUT2D eigenvalue weighted by molar-refractivity contribution is 0.0336. The van der Waals surface area contributed by atoms with Gasteiger partial charge >= 0.3 is 0 Å². The van der Waals surface area contributed by atoms with E-state index < -0.39 is 0 Å². The standard InChI is InChI=1S/C21H29N5O3/c1-28-19-4-2-3-17(13-19)15-24-5-7-26(8-6-24)21-22-18(14-20(27)23-21)16-25-9-11-29-12-10-25/h2-4,13-14H,5-12,15-16H2,1H3,(H,22,23,27). The Morgan fingerprint density at radius 3 is 2.55 bits per heavy atom. The molecule has 4 rings (SSSR count). The normalized spacial score (nSPS) is 18.7. The lowest BCUT2D eigenvalue weighted by Gasteiger charge is -2.35. The molecule has 2 aliphatic rings.